The summed E-state index contributed by atoms with van der Waals surface area (Å²) >= 11 is 0. The molecule has 4 aliphatic heterocycles. The van der Waals surface area contributed by atoms with Gasteiger partial charge in [0.2, 0.25) is 70.9 Å². The quantitative estimate of drug-likeness (QED) is 0.150. The second-order valence-corrected chi connectivity index (χ2v) is 34.8. The van der Waals surface area contributed by atoms with Crippen LogP contribution in [0.4, 0.5) is 35.1 Å². The first kappa shape index (κ1) is 91.9. The third kappa shape index (κ3) is 22.3. The molecular formula is C81H126F8N12O14. The van der Waals surface area contributed by atoms with Crippen LogP contribution in [0.3, 0.4) is 0 Å². The molecule has 12 amide bonds. The minimum absolute atomic E-state index is 0.00958. The largest absolute Gasteiger partial charge is 0.397 e. The van der Waals surface area contributed by atoms with Crippen LogP contribution in [0.25, 0.3) is 0 Å². The lowest BCUT2D eigenvalue weighted by molar-refractivity contribution is -0.219. The van der Waals surface area contributed by atoms with Gasteiger partial charge in [-0.1, -0.05) is 78.6 Å². The number of amides is 12. The fourth-order valence-electron chi connectivity index (χ4n) is 19.6. The summed E-state index contributed by atoms with van der Waals surface area (Å²) in [5.41, 5.74) is -1.70. The number of ether oxygens (including phenoxy) is 2. The number of hydrogen-bond donors (Lipinski definition) is 3. The zero-order valence-electron chi connectivity index (χ0n) is 68.9. The molecule has 5 saturated carbocycles. The van der Waals surface area contributed by atoms with Crippen molar-refractivity contribution >= 4 is 70.9 Å². The van der Waals surface area contributed by atoms with Crippen molar-refractivity contribution in [1.29, 1.82) is 0 Å². The number of likely N-dealkylation sites (N-methyl/N-ethyl adjacent to an activating group) is 6. The van der Waals surface area contributed by atoms with Crippen molar-refractivity contribution in [3.63, 3.8) is 0 Å². The lowest BCUT2D eigenvalue weighted by Gasteiger charge is -2.47. The fourth-order valence-corrected chi connectivity index (χ4v) is 19.6. The highest BCUT2D eigenvalue weighted by Crippen LogP contribution is 2.46. The molecule has 1 spiro atoms. The Kier molecular flexibility index (Phi) is 32.1. The summed E-state index contributed by atoms with van der Waals surface area (Å²) in [7, 11) is 8.26. The van der Waals surface area contributed by atoms with E-state index in [0.29, 0.717) is 57.8 Å². The zero-order valence-corrected chi connectivity index (χ0v) is 68.9. The predicted molar refractivity (Wildman–Crippen MR) is 406 cm³/mol. The topological polar surface area (TPSA) is 289 Å². The normalized spacial score (nSPS) is 33.5. The average Bonchev–Trinajstić information content (AvgIpc) is 1.73. The molecule has 0 aromatic carbocycles. The summed E-state index contributed by atoms with van der Waals surface area (Å²) in [4.78, 5) is 196. The van der Waals surface area contributed by atoms with Gasteiger partial charge in [0.25, 0.3) is 0 Å². The van der Waals surface area contributed by atoms with Crippen LogP contribution < -0.4 is 16.0 Å². The first-order valence-corrected chi connectivity index (χ1v) is 42.3. The van der Waals surface area contributed by atoms with Gasteiger partial charge in [0.05, 0.1) is 44.7 Å². The van der Waals surface area contributed by atoms with Crippen LogP contribution in [0, 0.1) is 47.3 Å². The highest BCUT2D eigenvalue weighted by atomic mass is 19.4. The monoisotopic (exact) mass is 1640 g/mol. The molecule has 9 fully saturated rings. The number of nitrogens with zero attached hydrogens (tertiary/aromatic N) is 9. The SMILES string of the molecule is CCO[C@@H]1C[C@H]2C(=O)NC3(CCC3)C(=O)N(C)[C@@H](C3CCCC3)C(=O)N(C)[C@H](C(=O)N3CCOCC3)CC(=O)N(C)[C@@H](CC3CCCCC3C)C(=O)N[C@@H]([C@@H](C)CC)C(=O)N(C)CC(=O)N(C)[C@H]3CCCCCN(C3=O)[C@@H](CC3CCC(C(F)(F)F)CC3)C(=O)N(C)CC(=O)N[C@@H](CCC3CC(F)C(C(F)(F)F)C(F)C3)C(=O)N2C1. The van der Waals surface area contributed by atoms with Gasteiger partial charge >= 0.3 is 12.4 Å². The molecule has 2 bridgehead atoms. The molecule has 115 heavy (non-hydrogen) atoms. The van der Waals surface area contributed by atoms with Gasteiger partial charge in [0, 0.05) is 81.5 Å². The zero-order chi connectivity index (χ0) is 84.3. The lowest BCUT2D eigenvalue weighted by Crippen LogP contribution is -2.68. The number of nitrogens with one attached hydrogen (secondary N) is 3. The molecule has 4 saturated heterocycles. The molecule has 4 heterocycles. The molecule has 9 aliphatic rings. The molecule has 0 radical (unpaired) electrons. The maximum Gasteiger partial charge on any atom is 0.397 e. The van der Waals surface area contributed by atoms with E-state index in [0.717, 1.165) is 40.4 Å². The number of halogens is 8. The van der Waals surface area contributed by atoms with Crippen LogP contribution in [0.1, 0.15) is 207 Å². The van der Waals surface area contributed by atoms with E-state index >= 15 is 56.7 Å². The molecule has 26 nitrogen and oxygen atoms in total. The van der Waals surface area contributed by atoms with E-state index < -0.39 is 230 Å². The Morgan fingerprint density at radius 2 is 1.21 bits per heavy atom. The second-order valence-electron chi connectivity index (χ2n) is 34.8. The van der Waals surface area contributed by atoms with E-state index in [1.807, 2.05) is 6.92 Å². The molecule has 9 rings (SSSR count). The van der Waals surface area contributed by atoms with Crippen molar-refractivity contribution in [3.05, 3.63) is 0 Å². The molecule has 34 heteroatoms. The van der Waals surface area contributed by atoms with Crippen molar-refractivity contribution in [2.24, 2.45) is 47.3 Å². The maximum atomic E-state index is 15.9. The van der Waals surface area contributed by atoms with E-state index in [2.05, 4.69) is 22.9 Å². The van der Waals surface area contributed by atoms with E-state index in [9.17, 15) is 35.9 Å². The summed E-state index contributed by atoms with van der Waals surface area (Å²) in [5.74, 6) is -16.3. The molecule has 0 aromatic rings. The lowest BCUT2D eigenvalue weighted by atomic mass is 9.74. The predicted octanol–water partition coefficient (Wildman–Crippen LogP) is 7.52. The third-order valence-corrected chi connectivity index (χ3v) is 27.2. The molecule has 14 atom stereocenters. The van der Waals surface area contributed by atoms with Gasteiger partial charge in [-0.25, -0.2) is 8.78 Å². The number of carbonyl (C=O) groups excluding carboxylic acids is 12. The minimum atomic E-state index is -5.22. The van der Waals surface area contributed by atoms with Gasteiger partial charge in [-0.15, -0.1) is 0 Å². The van der Waals surface area contributed by atoms with Crippen molar-refractivity contribution in [3.8, 4) is 0 Å². The first-order valence-electron chi connectivity index (χ1n) is 42.3. The van der Waals surface area contributed by atoms with Crippen molar-refractivity contribution in [1.82, 2.24) is 60.0 Å². The van der Waals surface area contributed by atoms with E-state index in [1.54, 1.807) is 13.8 Å². The average molecular weight is 1640 g/mol. The number of carbonyl (C=O) groups is 12. The fraction of sp³-hybridized carbons (Fsp3) is 0.852. The van der Waals surface area contributed by atoms with Crippen LogP contribution in [0.2, 0.25) is 0 Å². The van der Waals surface area contributed by atoms with Crippen LogP contribution in [-0.2, 0) is 67.0 Å². The second kappa shape index (κ2) is 40.2. The third-order valence-electron chi connectivity index (χ3n) is 27.2. The van der Waals surface area contributed by atoms with Gasteiger partial charge in [0.1, 0.15) is 72.1 Å². The summed E-state index contributed by atoms with van der Waals surface area (Å²) in [5, 5.41) is 8.60. The number of rotatable bonds is 13. The summed E-state index contributed by atoms with van der Waals surface area (Å²) < 4.78 is 127. The van der Waals surface area contributed by atoms with Gasteiger partial charge in [0.15, 0.2) is 0 Å². The van der Waals surface area contributed by atoms with Crippen molar-refractivity contribution in [2.75, 3.05) is 101 Å². The first-order chi connectivity index (χ1) is 54.3. The van der Waals surface area contributed by atoms with Gasteiger partial charge in [-0.3, -0.25) is 57.5 Å². The Morgan fingerprint density at radius 3 is 1.81 bits per heavy atom. The highest BCUT2D eigenvalue weighted by molar-refractivity contribution is 6.01. The summed E-state index contributed by atoms with van der Waals surface area (Å²) in [6.07, 6.45) is -11.7. The standard InChI is InChI=1S/C81H126F8N12O14/c1-11-48(3)68-76(111)94(6)47-66(104)95(7)59-25-14-13-19-34-100(75(59)110)63(41-50-26-29-54(30-27-50)80(84,85)86)73(108)93(5)46-64(102)90-58(31-28-51-39-56(82)67(57(83)40-51)81(87,88)89)72(107)101-45-55(115-12-2)43-61(101)71(106)92-79(32-20-33-79)78(113)98(10)69(52-22-17-18-23-52)77(112)97(9)62(74(109)99-35-37-114-38-36-99)44-65(103)96(8)60(70(105)91-68)42-53-24-16-15-21-49(53)4/h48-63,67-69H,11-47H2,1-10H3,(H,90,102)(H,91,105)(H,92,106)/t48-,49?,50?,51?,53?,54?,55+,56?,57?,58-,59-,60-,61-,62-,63-,67?,68-,69-/m0/s1. The Morgan fingerprint density at radius 1 is 0.583 bits per heavy atom. The van der Waals surface area contributed by atoms with E-state index in [1.165, 1.54) is 71.7 Å². The Bertz CT molecular complexity index is 3400. The smallest absolute Gasteiger partial charge is 0.378 e. The molecule has 5 aliphatic carbocycles. The van der Waals surface area contributed by atoms with Crippen LogP contribution >= 0.6 is 0 Å². The van der Waals surface area contributed by atoms with E-state index in [-0.39, 0.29) is 128 Å². The number of morpholine rings is 1. The van der Waals surface area contributed by atoms with Gasteiger partial charge in [-0.05, 0) is 152 Å². The Labute approximate surface area is 671 Å². The van der Waals surface area contributed by atoms with Crippen LogP contribution in [0.15, 0.2) is 0 Å². The summed E-state index contributed by atoms with van der Waals surface area (Å²) in [6.45, 7) is 6.07. The van der Waals surface area contributed by atoms with Crippen molar-refractivity contribution in [2.45, 2.75) is 292 Å². The van der Waals surface area contributed by atoms with E-state index in [4.69, 9.17) is 9.47 Å². The van der Waals surface area contributed by atoms with Gasteiger partial charge < -0.3 is 69.5 Å². The Balaban J connectivity index is 1.12. The van der Waals surface area contributed by atoms with Crippen molar-refractivity contribution < 1.29 is 102 Å². The molecular weight excluding hydrogens is 1520 g/mol. The summed E-state index contributed by atoms with van der Waals surface area (Å²) in [6, 6.07) is -11.2. The molecule has 4 unspecified atom stereocenters. The number of fused-ring (bicyclic) bond motifs is 3. The number of alkyl halides is 8. The highest BCUT2D eigenvalue weighted by Gasteiger charge is 2.57. The minimum Gasteiger partial charge on any atom is -0.378 e. The molecule has 3 N–H and O–H groups in total. The maximum absolute atomic E-state index is 15.9. The van der Waals surface area contributed by atoms with Gasteiger partial charge in [-0.2, -0.15) is 26.3 Å². The van der Waals surface area contributed by atoms with Crippen LogP contribution in [-0.4, -0.2) is 301 Å². The number of hydrogen-bond acceptors (Lipinski definition) is 14. The van der Waals surface area contributed by atoms with Crippen LogP contribution in [0.5, 0.6) is 0 Å². The molecule has 650 valence electrons. The molecule has 0 aromatic heterocycles. The Hall–Kier alpha value is -7.00.